The number of likely N-dealkylation sites (tertiary alicyclic amines) is 1. The summed E-state index contributed by atoms with van der Waals surface area (Å²) in [5.41, 5.74) is 0.769. The molecule has 0 aliphatic carbocycles. The van der Waals surface area contributed by atoms with Crippen molar-refractivity contribution in [2.45, 2.75) is 45.3 Å². The van der Waals surface area contributed by atoms with E-state index in [4.69, 9.17) is 4.74 Å². The normalized spacial score (nSPS) is 16.1. The highest BCUT2D eigenvalue weighted by atomic mass is 19.1. The van der Waals surface area contributed by atoms with Crippen molar-refractivity contribution >= 4 is 22.7 Å². The zero-order valence-corrected chi connectivity index (χ0v) is 14.9. The molecule has 1 aromatic heterocycles. The smallest absolute Gasteiger partial charge is 0.410 e. The molecule has 1 fully saturated rings. The van der Waals surface area contributed by atoms with Gasteiger partial charge in [0.15, 0.2) is 0 Å². The van der Waals surface area contributed by atoms with E-state index in [-0.39, 0.29) is 18.0 Å². The molecule has 5 nitrogen and oxygen atoms in total. The number of aromatic nitrogens is 1. The van der Waals surface area contributed by atoms with Gasteiger partial charge in [-0.2, -0.15) is 0 Å². The molecule has 3 rings (SSSR count). The number of halogens is 1. The van der Waals surface area contributed by atoms with Crippen molar-refractivity contribution in [3.8, 4) is 0 Å². The third-order valence-electron chi connectivity index (χ3n) is 4.23. The van der Waals surface area contributed by atoms with Crippen LogP contribution in [0.3, 0.4) is 0 Å². The topological polar surface area (TPSA) is 54.5 Å². The monoisotopic (exact) mass is 345 g/mol. The van der Waals surface area contributed by atoms with Crippen molar-refractivity contribution in [3.63, 3.8) is 0 Å². The van der Waals surface area contributed by atoms with Gasteiger partial charge in [-0.1, -0.05) is 12.1 Å². The fraction of sp³-hybridized carbons (Fsp3) is 0.474. The number of pyridine rings is 1. The molecule has 1 amide bonds. The van der Waals surface area contributed by atoms with E-state index >= 15 is 0 Å². The molecule has 0 radical (unpaired) electrons. The van der Waals surface area contributed by atoms with Crippen LogP contribution in [-0.2, 0) is 4.74 Å². The number of fused-ring (bicyclic) bond motifs is 1. The van der Waals surface area contributed by atoms with Gasteiger partial charge in [-0.25, -0.2) is 9.18 Å². The molecular formula is C19H24FN3O2. The molecule has 134 valence electrons. The number of anilines is 1. The third-order valence-corrected chi connectivity index (χ3v) is 4.23. The molecule has 25 heavy (non-hydrogen) atoms. The van der Waals surface area contributed by atoms with Crippen molar-refractivity contribution < 1.29 is 13.9 Å². The van der Waals surface area contributed by atoms with Gasteiger partial charge in [0.25, 0.3) is 0 Å². The van der Waals surface area contributed by atoms with E-state index in [1.807, 2.05) is 32.9 Å². The maximum atomic E-state index is 13.9. The average molecular weight is 345 g/mol. The van der Waals surface area contributed by atoms with E-state index in [0.717, 1.165) is 23.9 Å². The first-order valence-corrected chi connectivity index (χ1v) is 8.61. The number of carbonyl (C=O) groups is 1. The van der Waals surface area contributed by atoms with Crippen LogP contribution in [0, 0.1) is 5.82 Å². The minimum Gasteiger partial charge on any atom is -0.444 e. The number of benzene rings is 1. The highest BCUT2D eigenvalue weighted by Gasteiger charge is 2.27. The summed E-state index contributed by atoms with van der Waals surface area (Å²) < 4.78 is 19.3. The van der Waals surface area contributed by atoms with Crippen LogP contribution >= 0.6 is 0 Å². The number of nitrogens with zero attached hydrogens (tertiary/aromatic N) is 2. The Morgan fingerprint density at radius 1 is 1.28 bits per heavy atom. The summed E-state index contributed by atoms with van der Waals surface area (Å²) in [5, 5.41) is 4.25. The second-order valence-corrected chi connectivity index (χ2v) is 7.38. The first-order valence-electron chi connectivity index (χ1n) is 8.61. The van der Waals surface area contributed by atoms with Crippen LogP contribution in [0.4, 0.5) is 14.9 Å². The fourth-order valence-corrected chi connectivity index (χ4v) is 3.02. The second-order valence-electron chi connectivity index (χ2n) is 7.38. The lowest BCUT2D eigenvalue weighted by molar-refractivity contribution is 0.0210. The van der Waals surface area contributed by atoms with E-state index in [1.54, 1.807) is 17.2 Å². The van der Waals surface area contributed by atoms with Gasteiger partial charge in [-0.05, 0) is 45.7 Å². The lowest BCUT2D eigenvalue weighted by Crippen LogP contribution is -2.44. The number of hydrogen-bond acceptors (Lipinski definition) is 4. The molecule has 1 aliphatic rings. The van der Waals surface area contributed by atoms with Gasteiger partial charge in [-0.3, -0.25) is 4.98 Å². The van der Waals surface area contributed by atoms with Crippen LogP contribution in [0.1, 0.15) is 33.6 Å². The summed E-state index contributed by atoms with van der Waals surface area (Å²) in [7, 11) is 0. The van der Waals surface area contributed by atoms with Gasteiger partial charge < -0.3 is 15.0 Å². The van der Waals surface area contributed by atoms with Crippen LogP contribution < -0.4 is 5.32 Å². The Balaban J connectivity index is 1.63. The van der Waals surface area contributed by atoms with Crippen LogP contribution in [0.15, 0.2) is 30.5 Å². The number of para-hydroxylation sites is 1. The van der Waals surface area contributed by atoms with E-state index in [2.05, 4.69) is 10.3 Å². The predicted molar refractivity (Wildman–Crippen MR) is 96.2 cm³/mol. The average Bonchev–Trinajstić information content (AvgIpc) is 2.55. The number of carbonyl (C=O) groups excluding carboxylic acids is 1. The molecule has 1 N–H and O–H groups in total. The summed E-state index contributed by atoms with van der Waals surface area (Å²) in [6.45, 7) is 6.89. The van der Waals surface area contributed by atoms with Gasteiger partial charge in [0.2, 0.25) is 0 Å². The molecule has 2 aromatic rings. The summed E-state index contributed by atoms with van der Waals surface area (Å²) in [4.78, 5) is 18.0. The number of rotatable bonds is 2. The molecule has 0 atom stereocenters. The quantitative estimate of drug-likeness (QED) is 0.887. The summed E-state index contributed by atoms with van der Waals surface area (Å²) in [5.74, 6) is -0.319. The summed E-state index contributed by atoms with van der Waals surface area (Å²) >= 11 is 0. The van der Waals surface area contributed by atoms with Gasteiger partial charge in [0.1, 0.15) is 16.9 Å². The van der Waals surface area contributed by atoms with Gasteiger partial charge in [0, 0.05) is 36.4 Å². The second kappa shape index (κ2) is 6.86. The maximum Gasteiger partial charge on any atom is 0.410 e. The standard InChI is InChI=1S/C19H24FN3O2/c1-19(2,3)25-18(24)23-11-8-13(9-12-23)22-16-7-10-21-17-14(16)5-4-6-15(17)20/h4-7,10,13H,8-9,11-12H2,1-3H3,(H,21,22). The minimum atomic E-state index is -0.480. The van der Waals surface area contributed by atoms with E-state index in [1.165, 1.54) is 6.07 Å². The van der Waals surface area contributed by atoms with Crippen LogP contribution in [0.25, 0.3) is 10.9 Å². The van der Waals surface area contributed by atoms with Crippen molar-refractivity contribution in [2.24, 2.45) is 0 Å². The van der Waals surface area contributed by atoms with Crippen molar-refractivity contribution in [1.29, 1.82) is 0 Å². The largest absolute Gasteiger partial charge is 0.444 e. The summed E-state index contributed by atoms with van der Waals surface area (Å²) in [6.07, 6.45) is 2.99. The van der Waals surface area contributed by atoms with Crippen LogP contribution in [-0.4, -0.2) is 40.7 Å². The zero-order valence-electron chi connectivity index (χ0n) is 14.9. The molecule has 2 heterocycles. The Morgan fingerprint density at radius 3 is 2.68 bits per heavy atom. The van der Waals surface area contributed by atoms with Crippen LogP contribution in [0.2, 0.25) is 0 Å². The number of amides is 1. The predicted octanol–water partition coefficient (Wildman–Crippen LogP) is 4.19. The van der Waals surface area contributed by atoms with Crippen molar-refractivity contribution in [1.82, 2.24) is 9.88 Å². The van der Waals surface area contributed by atoms with Crippen molar-refractivity contribution in [3.05, 3.63) is 36.3 Å². The minimum absolute atomic E-state index is 0.229. The summed E-state index contributed by atoms with van der Waals surface area (Å²) in [6, 6.07) is 7.06. The fourth-order valence-electron chi connectivity index (χ4n) is 3.02. The first kappa shape index (κ1) is 17.5. The Bertz CT molecular complexity index is 765. The van der Waals surface area contributed by atoms with E-state index < -0.39 is 5.60 Å². The lowest BCUT2D eigenvalue weighted by atomic mass is 10.0. The SMILES string of the molecule is CC(C)(C)OC(=O)N1CCC(Nc2ccnc3c(F)cccc23)CC1. The molecule has 0 unspecified atom stereocenters. The maximum absolute atomic E-state index is 13.9. The van der Waals surface area contributed by atoms with Crippen molar-refractivity contribution in [2.75, 3.05) is 18.4 Å². The highest BCUT2D eigenvalue weighted by Crippen LogP contribution is 2.26. The van der Waals surface area contributed by atoms with Gasteiger partial charge in [-0.15, -0.1) is 0 Å². The van der Waals surface area contributed by atoms with E-state index in [0.29, 0.717) is 18.6 Å². The molecule has 1 saturated heterocycles. The number of ether oxygens (including phenoxy) is 1. The molecular weight excluding hydrogens is 321 g/mol. The Morgan fingerprint density at radius 2 is 2.00 bits per heavy atom. The lowest BCUT2D eigenvalue weighted by Gasteiger charge is -2.34. The zero-order chi connectivity index (χ0) is 18.0. The Hall–Kier alpha value is -2.37. The molecule has 0 bridgehead atoms. The Labute approximate surface area is 147 Å². The number of nitrogens with one attached hydrogen (secondary N) is 1. The number of piperidine rings is 1. The van der Waals surface area contributed by atoms with Gasteiger partial charge in [0.05, 0.1) is 0 Å². The number of hydrogen-bond donors (Lipinski definition) is 1. The highest BCUT2D eigenvalue weighted by molar-refractivity contribution is 5.91. The molecule has 0 saturated carbocycles. The third kappa shape index (κ3) is 4.18. The van der Waals surface area contributed by atoms with E-state index in [9.17, 15) is 9.18 Å². The molecule has 1 aliphatic heterocycles. The molecule has 0 spiro atoms. The van der Waals surface area contributed by atoms with Gasteiger partial charge >= 0.3 is 6.09 Å². The molecule has 1 aromatic carbocycles. The molecule has 6 heteroatoms. The Kier molecular flexibility index (Phi) is 4.79. The first-order chi connectivity index (χ1) is 11.8. The van der Waals surface area contributed by atoms with Crippen LogP contribution in [0.5, 0.6) is 0 Å².